The predicted octanol–water partition coefficient (Wildman–Crippen LogP) is 4.61. The molecule has 0 aromatic heterocycles. The number of anilines is 1. The van der Waals surface area contributed by atoms with E-state index in [1.54, 1.807) is 30.3 Å². The van der Waals surface area contributed by atoms with Gasteiger partial charge in [-0.3, -0.25) is 9.69 Å². The van der Waals surface area contributed by atoms with E-state index in [0.29, 0.717) is 32.0 Å². The molecule has 1 fully saturated rings. The van der Waals surface area contributed by atoms with Crippen molar-refractivity contribution < 1.29 is 18.7 Å². The number of benzene rings is 2. The molecule has 2 heterocycles. The van der Waals surface area contributed by atoms with Crippen LogP contribution in [0.3, 0.4) is 0 Å². The van der Waals surface area contributed by atoms with Crippen molar-refractivity contribution in [2.24, 2.45) is 0 Å². The standard InChI is InChI=1S/C17H9ClFNO3S2/c18-11-5-9(1-3-12(11)19)6-15-16(21)20(17(24)25-15)10-2-4-13-14(7-10)23-8-22-13/h1-7H,8H2. The van der Waals surface area contributed by atoms with Crippen LogP contribution < -0.4 is 14.4 Å². The average molecular weight is 394 g/mol. The third-order valence-corrected chi connectivity index (χ3v) is 5.24. The van der Waals surface area contributed by atoms with Gasteiger partial charge in [0.2, 0.25) is 6.79 Å². The molecular weight excluding hydrogens is 385 g/mol. The lowest BCUT2D eigenvalue weighted by Crippen LogP contribution is -2.27. The zero-order valence-corrected chi connectivity index (χ0v) is 14.9. The summed E-state index contributed by atoms with van der Waals surface area (Å²) < 4.78 is 24.3. The number of thiocarbonyl (C=S) groups is 1. The molecule has 2 aliphatic heterocycles. The minimum Gasteiger partial charge on any atom is -0.454 e. The number of carbonyl (C=O) groups is 1. The summed E-state index contributed by atoms with van der Waals surface area (Å²) in [4.78, 5) is 14.6. The van der Waals surface area contributed by atoms with E-state index >= 15 is 0 Å². The largest absolute Gasteiger partial charge is 0.454 e. The second-order valence-corrected chi connectivity index (χ2v) is 7.31. The van der Waals surface area contributed by atoms with Crippen molar-refractivity contribution in [1.29, 1.82) is 0 Å². The van der Waals surface area contributed by atoms with Crippen molar-refractivity contribution in [3.8, 4) is 11.5 Å². The summed E-state index contributed by atoms with van der Waals surface area (Å²) in [5.74, 6) is 0.438. The van der Waals surface area contributed by atoms with Crippen molar-refractivity contribution >= 4 is 57.6 Å². The molecule has 0 N–H and O–H groups in total. The van der Waals surface area contributed by atoms with E-state index in [2.05, 4.69) is 0 Å². The number of hydrogen-bond donors (Lipinski definition) is 0. The number of thioether (sulfide) groups is 1. The van der Waals surface area contributed by atoms with E-state index < -0.39 is 5.82 Å². The summed E-state index contributed by atoms with van der Waals surface area (Å²) >= 11 is 12.3. The van der Waals surface area contributed by atoms with E-state index in [-0.39, 0.29) is 17.7 Å². The second kappa shape index (κ2) is 6.33. The predicted molar refractivity (Wildman–Crippen MR) is 99.6 cm³/mol. The quantitative estimate of drug-likeness (QED) is 0.550. The highest BCUT2D eigenvalue weighted by atomic mass is 35.5. The van der Waals surface area contributed by atoms with Gasteiger partial charge in [0, 0.05) is 6.07 Å². The van der Waals surface area contributed by atoms with Gasteiger partial charge in [-0.1, -0.05) is 41.6 Å². The van der Waals surface area contributed by atoms with E-state index in [1.165, 1.54) is 28.8 Å². The molecule has 126 valence electrons. The van der Waals surface area contributed by atoms with Gasteiger partial charge in [0.1, 0.15) is 5.82 Å². The van der Waals surface area contributed by atoms with Crippen LogP contribution in [0, 0.1) is 5.82 Å². The average Bonchev–Trinajstić information content (AvgIpc) is 3.15. The Morgan fingerprint density at radius 3 is 2.80 bits per heavy atom. The first-order chi connectivity index (χ1) is 12.0. The normalized spacial score (nSPS) is 17.7. The molecule has 2 aliphatic rings. The molecule has 0 bridgehead atoms. The Balaban J connectivity index is 1.66. The van der Waals surface area contributed by atoms with E-state index in [9.17, 15) is 9.18 Å². The number of halogens is 2. The van der Waals surface area contributed by atoms with Crippen LogP contribution in [0.2, 0.25) is 5.02 Å². The molecule has 8 heteroatoms. The van der Waals surface area contributed by atoms with Crippen molar-refractivity contribution in [1.82, 2.24) is 0 Å². The molecular formula is C17H9ClFNO3S2. The molecule has 2 aromatic rings. The summed E-state index contributed by atoms with van der Waals surface area (Å²) in [6, 6.07) is 9.46. The number of rotatable bonds is 2. The molecule has 4 rings (SSSR count). The highest BCUT2D eigenvalue weighted by molar-refractivity contribution is 8.27. The molecule has 0 radical (unpaired) electrons. The Morgan fingerprint density at radius 1 is 1.20 bits per heavy atom. The molecule has 0 unspecified atom stereocenters. The minimum absolute atomic E-state index is 0.000000449. The first-order valence-electron chi connectivity index (χ1n) is 7.15. The van der Waals surface area contributed by atoms with Gasteiger partial charge in [0.05, 0.1) is 15.6 Å². The lowest BCUT2D eigenvalue weighted by Gasteiger charge is -2.14. The van der Waals surface area contributed by atoms with Gasteiger partial charge >= 0.3 is 0 Å². The second-order valence-electron chi connectivity index (χ2n) is 5.23. The van der Waals surface area contributed by atoms with Crippen LogP contribution in [0.5, 0.6) is 11.5 Å². The maximum atomic E-state index is 13.3. The molecule has 4 nitrogen and oxygen atoms in total. The Kier molecular flexibility index (Phi) is 4.15. The fourth-order valence-electron chi connectivity index (χ4n) is 2.47. The summed E-state index contributed by atoms with van der Waals surface area (Å²) in [6.07, 6.45) is 1.64. The maximum absolute atomic E-state index is 13.3. The SMILES string of the molecule is O=C1C(=Cc2ccc(F)c(Cl)c2)SC(=S)N1c1ccc2c(c1)OCO2. The van der Waals surface area contributed by atoms with Crippen LogP contribution in [-0.2, 0) is 4.79 Å². The Morgan fingerprint density at radius 2 is 2.00 bits per heavy atom. The summed E-state index contributed by atoms with van der Waals surface area (Å²) in [7, 11) is 0. The van der Waals surface area contributed by atoms with E-state index in [0.717, 1.165) is 0 Å². The van der Waals surface area contributed by atoms with Gasteiger partial charge < -0.3 is 9.47 Å². The zero-order valence-electron chi connectivity index (χ0n) is 12.5. The van der Waals surface area contributed by atoms with Gasteiger partial charge in [-0.2, -0.15) is 0 Å². The fraction of sp³-hybridized carbons (Fsp3) is 0.0588. The number of carbonyl (C=O) groups excluding carboxylic acids is 1. The van der Waals surface area contributed by atoms with Crippen LogP contribution in [0.1, 0.15) is 5.56 Å². The third kappa shape index (κ3) is 2.99. The van der Waals surface area contributed by atoms with Gasteiger partial charge in [-0.15, -0.1) is 0 Å². The zero-order chi connectivity index (χ0) is 17.6. The third-order valence-electron chi connectivity index (χ3n) is 3.65. The number of ether oxygens (including phenoxy) is 2. The van der Waals surface area contributed by atoms with Gasteiger partial charge in [0.15, 0.2) is 15.8 Å². The fourth-order valence-corrected chi connectivity index (χ4v) is 3.96. The number of nitrogens with zero attached hydrogens (tertiary/aromatic N) is 1. The summed E-state index contributed by atoms with van der Waals surface area (Å²) in [6.45, 7) is 0.155. The van der Waals surface area contributed by atoms with Crippen molar-refractivity contribution in [3.63, 3.8) is 0 Å². The molecule has 0 aliphatic carbocycles. The first kappa shape index (κ1) is 16.4. The van der Waals surface area contributed by atoms with Crippen LogP contribution in [0.15, 0.2) is 41.3 Å². The Bertz CT molecular complexity index is 947. The van der Waals surface area contributed by atoms with Crippen LogP contribution in [0.25, 0.3) is 6.08 Å². The van der Waals surface area contributed by atoms with Crippen molar-refractivity contribution in [3.05, 3.63) is 57.7 Å². The number of amides is 1. The highest BCUT2D eigenvalue weighted by Gasteiger charge is 2.34. The number of fused-ring (bicyclic) bond motifs is 1. The molecule has 1 saturated heterocycles. The van der Waals surface area contributed by atoms with Gasteiger partial charge in [-0.25, -0.2) is 4.39 Å². The smallest absolute Gasteiger partial charge is 0.270 e. The highest BCUT2D eigenvalue weighted by Crippen LogP contribution is 2.40. The lowest BCUT2D eigenvalue weighted by molar-refractivity contribution is -0.113. The topological polar surface area (TPSA) is 38.8 Å². The summed E-state index contributed by atoms with van der Waals surface area (Å²) in [5.41, 5.74) is 1.23. The molecule has 0 atom stereocenters. The van der Waals surface area contributed by atoms with Gasteiger partial charge in [0.25, 0.3) is 5.91 Å². The van der Waals surface area contributed by atoms with E-state index in [1.807, 2.05) is 0 Å². The van der Waals surface area contributed by atoms with Crippen LogP contribution in [0.4, 0.5) is 10.1 Å². The van der Waals surface area contributed by atoms with Crippen LogP contribution >= 0.6 is 35.6 Å². The van der Waals surface area contributed by atoms with E-state index in [4.69, 9.17) is 33.3 Å². The molecule has 25 heavy (non-hydrogen) atoms. The number of hydrogen-bond acceptors (Lipinski definition) is 5. The molecule has 0 spiro atoms. The maximum Gasteiger partial charge on any atom is 0.270 e. The molecule has 2 aromatic carbocycles. The van der Waals surface area contributed by atoms with Crippen molar-refractivity contribution in [2.75, 3.05) is 11.7 Å². The lowest BCUT2D eigenvalue weighted by atomic mass is 10.2. The van der Waals surface area contributed by atoms with Crippen LogP contribution in [-0.4, -0.2) is 17.0 Å². The Labute approximate surface area is 157 Å². The Hall–Kier alpha value is -2.09. The van der Waals surface area contributed by atoms with Crippen molar-refractivity contribution in [2.45, 2.75) is 0 Å². The minimum atomic E-state index is -0.508. The molecule has 0 saturated carbocycles. The monoisotopic (exact) mass is 393 g/mol. The summed E-state index contributed by atoms with van der Waals surface area (Å²) in [5, 5.41) is -0.000000449. The first-order valence-corrected chi connectivity index (χ1v) is 8.76. The van der Waals surface area contributed by atoms with Gasteiger partial charge in [-0.05, 0) is 35.9 Å². The molecule has 1 amide bonds.